The lowest BCUT2D eigenvalue weighted by Gasteiger charge is -2.18. The zero-order valence-corrected chi connectivity index (χ0v) is 10.8. The van der Waals surface area contributed by atoms with Crippen LogP contribution in [-0.2, 0) is 0 Å². The molecule has 1 aromatic heterocycles. The number of hydrogen-bond acceptors (Lipinski definition) is 4. The molecule has 18 heavy (non-hydrogen) atoms. The van der Waals surface area contributed by atoms with Crippen molar-refractivity contribution in [3.05, 3.63) is 18.5 Å². The quantitative estimate of drug-likeness (QED) is 0.880. The van der Waals surface area contributed by atoms with E-state index in [1.54, 1.807) is 0 Å². The van der Waals surface area contributed by atoms with Gasteiger partial charge in [0.1, 0.15) is 12.4 Å². The van der Waals surface area contributed by atoms with Gasteiger partial charge in [-0.1, -0.05) is 0 Å². The number of pyridine rings is 1. The van der Waals surface area contributed by atoms with E-state index in [2.05, 4.69) is 21.3 Å². The minimum absolute atomic E-state index is 0.514. The van der Waals surface area contributed by atoms with Crippen molar-refractivity contribution >= 4 is 5.69 Å². The zero-order chi connectivity index (χ0) is 12.2. The van der Waals surface area contributed by atoms with E-state index in [9.17, 15) is 0 Å². The van der Waals surface area contributed by atoms with Crippen molar-refractivity contribution in [3.63, 3.8) is 0 Å². The Morgan fingerprint density at radius 2 is 2.17 bits per heavy atom. The molecule has 0 bridgehead atoms. The summed E-state index contributed by atoms with van der Waals surface area (Å²) in [6.07, 6.45) is 8.81. The van der Waals surface area contributed by atoms with Crippen LogP contribution in [0.1, 0.15) is 25.7 Å². The fourth-order valence-electron chi connectivity index (χ4n) is 2.73. The number of ether oxygens (including phenoxy) is 1. The molecule has 3 heterocycles. The van der Waals surface area contributed by atoms with Crippen molar-refractivity contribution in [3.8, 4) is 5.75 Å². The normalized spacial score (nSPS) is 23.6. The molecule has 0 aromatic carbocycles. The Hall–Kier alpha value is -1.29. The van der Waals surface area contributed by atoms with Gasteiger partial charge in [-0.25, -0.2) is 0 Å². The molecule has 2 aliphatic rings. The van der Waals surface area contributed by atoms with E-state index >= 15 is 0 Å². The molecule has 2 fully saturated rings. The average molecular weight is 247 g/mol. The summed E-state index contributed by atoms with van der Waals surface area (Å²) in [5.41, 5.74) is 1.20. The lowest BCUT2D eigenvalue weighted by atomic mass is 10.2. The second kappa shape index (κ2) is 5.57. The number of nitrogens with zero attached hydrogens (tertiary/aromatic N) is 2. The van der Waals surface area contributed by atoms with Crippen molar-refractivity contribution in [2.75, 3.05) is 31.1 Å². The Morgan fingerprint density at radius 1 is 1.28 bits per heavy atom. The molecular weight excluding hydrogens is 226 g/mol. The lowest BCUT2D eigenvalue weighted by molar-refractivity contribution is 0.276. The van der Waals surface area contributed by atoms with Crippen molar-refractivity contribution in [1.29, 1.82) is 0 Å². The maximum Gasteiger partial charge on any atom is 0.139 e. The third kappa shape index (κ3) is 2.75. The molecule has 4 heteroatoms. The summed E-state index contributed by atoms with van der Waals surface area (Å²) in [5.74, 6) is 0.896. The van der Waals surface area contributed by atoms with Crippen molar-refractivity contribution in [1.82, 2.24) is 10.3 Å². The highest BCUT2D eigenvalue weighted by molar-refractivity contribution is 5.48. The van der Waals surface area contributed by atoms with E-state index in [-0.39, 0.29) is 0 Å². The highest BCUT2D eigenvalue weighted by atomic mass is 16.5. The van der Waals surface area contributed by atoms with Crippen LogP contribution >= 0.6 is 0 Å². The van der Waals surface area contributed by atoms with E-state index in [0.29, 0.717) is 6.04 Å². The molecule has 1 N–H and O–H groups in total. The SMILES string of the molecule is c1ncc(N2CCCC2)cc1OC[C@@H]1CCCN1. The highest BCUT2D eigenvalue weighted by Gasteiger charge is 2.16. The Bertz CT molecular complexity index is 384. The summed E-state index contributed by atoms with van der Waals surface area (Å²) in [6.45, 7) is 4.18. The predicted molar refractivity (Wildman–Crippen MR) is 72.2 cm³/mol. The Balaban J connectivity index is 1.59. The third-order valence-electron chi connectivity index (χ3n) is 3.78. The molecule has 4 nitrogen and oxygen atoms in total. The number of anilines is 1. The Labute approximate surface area is 108 Å². The van der Waals surface area contributed by atoms with Crippen LogP contribution in [0.4, 0.5) is 5.69 Å². The molecule has 3 rings (SSSR count). The van der Waals surface area contributed by atoms with Gasteiger partial charge in [0.25, 0.3) is 0 Å². The average Bonchev–Trinajstić information content (AvgIpc) is 3.10. The number of hydrogen-bond donors (Lipinski definition) is 1. The molecule has 0 amide bonds. The highest BCUT2D eigenvalue weighted by Crippen LogP contribution is 2.23. The molecule has 0 aliphatic carbocycles. The van der Waals surface area contributed by atoms with E-state index in [1.807, 2.05) is 12.4 Å². The fourth-order valence-corrected chi connectivity index (χ4v) is 2.73. The van der Waals surface area contributed by atoms with Crippen LogP contribution in [0.25, 0.3) is 0 Å². The van der Waals surface area contributed by atoms with Crippen molar-refractivity contribution < 1.29 is 4.74 Å². The van der Waals surface area contributed by atoms with Crippen LogP contribution in [0.3, 0.4) is 0 Å². The summed E-state index contributed by atoms with van der Waals surface area (Å²) in [7, 11) is 0. The monoisotopic (exact) mass is 247 g/mol. The first-order valence-corrected chi connectivity index (χ1v) is 6.98. The van der Waals surface area contributed by atoms with Gasteiger partial charge in [0, 0.05) is 25.2 Å². The van der Waals surface area contributed by atoms with Gasteiger partial charge in [-0.15, -0.1) is 0 Å². The molecule has 2 saturated heterocycles. The molecule has 0 unspecified atom stereocenters. The predicted octanol–water partition coefficient (Wildman–Crippen LogP) is 1.81. The Morgan fingerprint density at radius 3 is 2.94 bits per heavy atom. The molecule has 1 aromatic rings. The second-order valence-corrected chi connectivity index (χ2v) is 5.18. The van der Waals surface area contributed by atoms with Crippen LogP contribution in [-0.4, -0.2) is 37.3 Å². The minimum atomic E-state index is 0.514. The van der Waals surface area contributed by atoms with Crippen LogP contribution in [0, 0.1) is 0 Å². The first kappa shape index (κ1) is 11.8. The summed E-state index contributed by atoms with van der Waals surface area (Å²) in [6, 6.07) is 2.63. The second-order valence-electron chi connectivity index (χ2n) is 5.18. The summed E-state index contributed by atoms with van der Waals surface area (Å²) >= 11 is 0. The first-order chi connectivity index (χ1) is 8.92. The van der Waals surface area contributed by atoms with E-state index < -0.39 is 0 Å². The molecule has 0 saturated carbocycles. The van der Waals surface area contributed by atoms with E-state index in [0.717, 1.165) is 32.0 Å². The molecule has 0 spiro atoms. The van der Waals surface area contributed by atoms with Crippen LogP contribution in [0.5, 0.6) is 5.75 Å². The van der Waals surface area contributed by atoms with E-state index in [4.69, 9.17) is 4.74 Å². The van der Waals surface area contributed by atoms with Gasteiger partial charge in [-0.2, -0.15) is 0 Å². The van der Waals surface area contributed by atoms with Gasteiger partial charge >= 0.3 is 0 Å². The third-order valence-corrected chi connectivity index (χ3v) is 3.78. The number of aromatic nitrogens is 1. The maximum absolute atomic E-state index is 5.84. The van der Waals surface area contributed by atoms with Crippen LogP contribution in [0.2, 0.25) is 0 Å². The van der Waals surface area contributed by atoms with E-state index in [1.165, 1.54) is 31.4 Å². The minimum Gasteiger partial charge on any atom is -0.490 e. The summed E-state index contributed by atoms with van der Waals surface area (Å²) < 4.78 is 5.84. The molecule has 98 valence electrons. The Kier molecular flexibility index (Phi) is 3.64. The molecular formula is C14H21N3O. The lowest BCUT2D eigenvalue weighted by Crippen LogP contribution is -2.28. The number of nitrogens with one attached hydrogen (secondary N) is 1. The number of rotatable bonds is 4. The van der Waals surface area contributed by atoms with Crippen molar-refractivity contribution in [2.45, 2.75) is 31.7 Å². The maximum atomic E-state index is 5.84. The smallest absolute Gasteiger partial charge is 0.139 e. The molecule has 2 aliphatic heterocycles. The van der Waals surface area contributed by atoms with Gasteiger partial charge in [0.15, 0.2) is 0 Å². The molecule has 0 radical (unpaired) electrons. The van der Waals surface area contributed by atoms with Gasteiger partial charge in [-0.3, -0.25) is 4.98 Å². The van der Waals surface area contributed by atoms with Gasteiger partial charge in [0.2, 0.25) is 0 Å². The molecule has 1 atom stereocenters. The largest absolute Gasteiger partial charge is 0.490 e. The van der Waals surface area contributed by atoms with Gasteiger partial charge in [0.05, 0.1) is 18.1 Å². The van der Waals surface area contributed by atoms with Crippen LogP contribution < -0.4 is 15.0 Å². The van der Waals surface area contributed by atoms with Crippen molar-refractivity contribution in [2.24, 2.45) is 0 Å². The van der Waals surface area contributed by atoms with Gasteiger partial charge in [-0.05, 0) is 32.2 Å². The zero-order valence-electron chi connectivity index (χ0n) is 10.8. The van der Waals surface area contributed by atoms with Gasteiger partial charge < -0.3 is 15.0 Å². The summed E-state index contributed by atoms with van der Waals surface area (Å²) in [5, 5.41) is 3.44. The summed E-state index contributed by atoms with van der Waals surface area (Å²) in [4.78, 5) is 6.67. The standard InChI is InChI=1S/C14H21N3O/c1-2-7-17(6-1)13-8-14(10-15-9-13)18-11-12-4-3-5-16-12/h8-10,12,16H,1-7,11H2/t12-/m0/s1. The fraction of sp³-hybridized carbons (Fsp3) is 0.643. The topological polar surface area (TPSA) is 37.4 Å². The van der Waals surface area contributed by atoms with Crippen LogP contribution in [0.15, 0.2) is 18.5 Å². The first-order valence-electron chi connectivity index (χ1n) is 6.98.